The summed E-state index contributed by atoms with van der Waals surface area (Å²) in [4.78, 5) is 26.2. The van der Waals surface area contributed by atoms with Crippen molar-refractivity contribution >= 4 is 23.2 Å². The van der Waals surface area contributed by atoms with Crippen LogP contribution in [0.25, 0.3) is 0 Å². The highest BCUT2D eigenvalue weighted by atomic mass is 16.5. The normalized spacial score (nSPS) is 18.6. The van der Waals surface area contributed by atoms with Crippen molar-refractivity contribution in [2.24, 2.45) is 0 Å². The predicted octanol–water partition coefficient (Wildman–Crippen LogP) is 3.30. The number of benzene rings is 2. The van der Waals surface area contributed by atoms with Gasteiger partial charge in [0.05, 0.1) is 0 Å². The Bertz CT molecular complexity index is 945. The van der Waals surface area contributed by atoms with Gasteiger partial charge >= 0.3 is 0 Å². The van der Waals surface area contributed by atoms with Crippen molar-refractivity contribution in [1.82, 2.24) is 0 Å². The van der Waals surface area contributed by atoms with Crippen LogP contribution in [0.15, 0.2) is 42.5 Å². The maximum absolute atomic E-state index is 12.4. The number of amides is 2. The second kappa shape index (κ2) is 7.16. The molecule has 136 valence electrons. The summed E-state index contributed by atoms with van der Waals surface area (Å²) in [6.07, 6.45) is 7.10. The molecule has 2 aliphatic heterocycles. The Balaban J connectivity index is 1.73. The summed E-state index contributed by atoms with van der Waals surface area (Å²) >= 11 is 0. The van der Waals surface area contributed by atoms with Gasteiger partial charge in [-0.05, 0) is 30.2 Å². The first-order chi connectivity index (χ1) is 13.2. The molecule has 4 rings (SSSR count). The number of carbonyl (C=O) groups excluding carboxylic acids is 2. The molecule has 5 heteroatoms. The number of fused-ring (bicyclic) bond motifs is 1. The van der Waals surface area contributed by atoms with Crippen LogP contribution in [0.3, 0.4) is 0 Å². The van der Waals surface area contributed by atoms with E-state index in [1.807, 2.05) is 42.5 Å². The van der Waals surface area contributed by atoms with Crippen LogP contribution in [0, 0.1) is 12.3 Å². The van der Waals surface area contributed by atoms with Gasteiger partial charge in [0.1, 0.15) is 12.4 Å². The molecule has 0 aliphatic carbocycles. The fraction of sp³-hybridized carbons (Fsp3) is 0.273. The Labute approximate surface area is 158 Å². The van der Waals surface area contributed by atoms with Crippen LogP contribution >= 0.6 is 0 Å². The SMILES string of the molecule is C#CCOc1ccccc1[C@H]1CC(=O)Nc2cc(N3CCCC3=O)ccc21. The van der Waals surface area contributed by atoms with Gasteiger partial charge in [0.2, 0.25) is 11.8 Å². The van der Waals surface area contributed by atoms with Gasteiger partial charge in [0.25, 0.3) is 0 Å². The maximum Gasteiger partial charge on any atom is 0.227 e. The molecule has 0 aromatic heterocycles. The third kappa shape index (κ3) is 3.26. The molecule has 0 saturated carbocycles. The Morgan fingerprint density at radius 2 is 2.04 bits per heavy atom. The molecule has 2 aromatic carbocycles. The van der Waals surface area contributed by atoms with Gasteiger partial charge in [-0.15, -0.1) is 6.42 Å². The van der Waals surface area contributed by atoms with Gasteiger partial charge < -0.3 is 15.0 Å². The number of nitrogens with zero attached hydrogens (tertiary/aromatic N) is 1. The number of nitrogens with one attached hydrogen (secondary N) is 1. The van der Waals surface area contributed by atoms with Crippen LogP contribution in [0.1, 0.15) is 36.3 Å². The van der Waals surface area contributed by atoms with Crippen molar-refractivity contribution in [1.29, 1.82) is 0 Å². The van der Waals surface area contributed by atoms with Crippen LogP contribution in [-0.2, 0) is 9.59 Å². The predicted molar refractivity (Wildman–Crippen MR) is 104 cm³/mol. The van der Waals surface area contributed by atoms with E-state index in [9.17, 15) is 9.59 Å². The zero-order valence-electron chi connectivity index (χ0n) is 14.9. The fourth-order valence-electron chi connectivity index (χ4n) is 3.84. The van der Waals surface area contributed by atoms with Crippen molar-refractivity contribution < 1.29 is 14.3 Å². The summed E-state index contributed by atoms with van der Waals surface area (Å²) in [6.45, 7) is 0.899. The molecule has 2 heterocycles. The van der Waals surface area contributed by atoms with E-state index in [4.69, 9.17) is 11.2 Å². The summed E-state index contributed by atoms with van der Waals surface area (Å²) in [6, 6.07) is 13.5. The quantitative estimate of drug-likeness (QED) is 0.851. The topological polar surface area (TPSA) is 58.6 Å². The number of ether oxygens (including phenoxy) is 1. The van der Waals surface area contributed by atoms with Gasteiger partial charge in [-0.2, -0.15) is 0 Å². The average molecular weight is 360 g/mol. The average Bonchev–Trinajstić information content (AvgIpc) is 3.11. The van der Waals surface area contributed by atoms with Crippen LogP contribution < -0.4 is 15.0 Å². The first-order valence-corrected chi connectivity index (χ1v) is 9.06. The molecule has 2 amide bonds. The van der Waals surface area contributed by atoms with Crippen LogP contribution in [0.5, 0.6) is 5.75 Å². The van der Waals surface area contributed by atoms with E-state index in [1.165, 1.54) is 0 Å². The second-order valence-electron chi connectivity index (χ2n) is 6.76. The summed E-state index contributed by atoms with van der Waals surface area (Å²) in [5, 5.41) is 2.95. The number of rotatable bonds is 4. The molecule has 1 atom stereocenters. The van der Waals surface area contributed by atoms with E-state index in [2.05, 4.69) is 11.2 Å². The minimum absolute atomic E-state index is 0.0517. The van der Waals surface area contributed by atoms with E-state index in [0.717, 1.165) is 35.5 Å². The molecule has 1 saturated heterocycles. The lowest BCUT2D eigenvalue weighted by atomic mass is 9.84. The molecule has 27 heavy (non-hydrogen) atoms. The van der Waals surface area contributed by atoms with E-state index in [-0.39, 0.29) is 24.3 Å². The molecule has 2 aliphatic rings. The number of anilines is 2. The van der Waals surface area contributed by atoms with Crippen molar-refractivity contribution in [2.45, 2.75) is 25.2 Å². The molecular weight excluding hydrogens is 340 g/mol. The fourth-order valence-corrected chi connectivity index (χ4v) is 3.84. The zero-order chi connectivity index (χ0) is 18.8. The van der Waals surface area contributed by atoms with Crippen molar-refractivity contribution in [3.05, 3.63) is 53.6 Å². The van der Waals surface area contributed by atoms with E-state index in [0.29, 0.717) is 18.6 Å². The molecule has 0 bridgehead atoms. The second-order valence-corrected chi connectivity index (χ2v) is 6.76. The summed E-state index contributed by atoms with van der Waals surface area (Å²) in [5.74, 6) is 3.13. The first-order valence-electron chi connectivity index (χ1n) is 9.06. The zero-order valence-corrected chi connectivity index (χ0v) is 14.9. The van der Waals surface area contributed by atoms with Crippen LogP contribution in [0.4, 0.5) is 11.4 Å². The smallest absolute Gasteiger partial charge is 0.227 e. The summed E-state index contributed by atoms with van der Waals surface area (Å²) < 4.78 is 5.69. The van der Waals surface area contributed by atoms with Crippen molar-refractivity contribution in [3.8, 4) is 18.1 Å². The monoisotopic (exact) mass is 360 g/mol. The number of terminal acetylenes is 1. The van der Waals surface area contributed by atoms with E-state index in [1.54, 1.807) is 4.90 Å². The Morgan fingerprint density at radius 1 is 1.19 bits per heavy atom. The lowest BCUT2D eigenvalue weighted by Gasteiger charge is -2.28. The molecule has 5 nitrogen and oxygen atoms in total. The molecule has 0 radical (unpaired) electrons. The van der Waals surface area contributed by atoms with Gasteiger partial charge in [0, 0.05) is 42.2 Å². The number of hydrogen-bond acceptors (Lipinski definition) is 3. The number of hydrogen-bond donors (Lipinski definition) is 1. The Kier molecular flexibility index (Phi) is 4.55. The highest BCUT2D eigenvalue weighted by molar-refractivity contribution is 5.99. The highest BCUT2D eigenvalue weighted by Crippen LogP contribution is 2.42. The lowest BCUT2D eigenvalue weighted by Crippen LogP contribution is -2.26. The van der Waals surface area contributed by atoms with Crippen LogP contribution in [-0.4, -0.2) is 25.0 Å². The minimum atomic E-state index is -0.119. The van der Waals surface area contributed by atoms with Crippen LogP contribution in [0.2, 0.25) is 0 Å². The molecule has 2 aromatic rings. The molecule has 1 N–H and O–H groups in total. The third-order valence-corrected chi connectivity index (χ3v) is 5.07. The third-order valence-electron chi connectivity index (χ3n) is 5.07. The standard InChI is InChI=1S/C22H20N2O3/c1-2-12-27-20-7-4-3-6-17(20)18-14-21(25)23-19-13-15(9-10-16(18)19)24-11-5-8-22(24)26/h1,3-4,6-7,9-10,13,18H,5,8,11-12,14H2,(H,23,25)/t18-/m0/s1. The van der Waals surface area contributed by atoms with Gasteiger partial charge in [-0.1, -0.05) is 30.2 Å². The van der Waals surface area contributed by atoms with Gasteiger partial charge in [0.15, 0.2) is 0 Å². The Morgan fingerprint density at radius 3 is 2.81 bits per heavy atom. The maximum atomic E-state index is 12.4. The lowest BCUT2D eigenvalue weighted by molar-refractivity contribution is -0.117. The molecule has 0 unspecified atom stereocenters. The molecular formula is C22H20N2O3. The number of para-hydroxylation sites is 1. The summed E-state index contributed by atoms with van der Waals surface area (Å²) in [5.41, 5.74) is 3.53. The van der Waals surface area contributed by atoms with E-state index < -0.39 is 0 Å². The molecule has 1 fully saturated rings. The largest absolute Gasteiger partial charge is 0.481 e. The van der Waals surface area contributed by atoms with E-state index >= 15 is 0 Å². The molecule has 0 spiro atoms. The minimum Gasteiger partial charge on any atom is -0.481 e. The number of carbonyl (C=O) groups is 2. The highest BCUT2D eigenvalue weighted by Gasteiger charge is 2.30. The van der Waals surface area contributed by atoms with Crippen molar-refractivity contribution in [2.75, 3.05) is 23.4 Å². The Hall–Kier alpha value is -3.26. The van der Waals surface area contributed by atoms with Gasteiger partial charge in [-0.25, -0.2) is 0 Å². The van der Waals surface area contributed by atoms with Gasteiger partial charge in [-0.3, -0.25) is 9.59 Å². The summed E-state index contributed by atoms with van der Waals surface area (Å²) in [7, 11) is 0. The first kappa shape index (κ1) is 17.2. The van der Waals surface area contributed by atoms with Crippen molar-refractivity contribution in [3.63, 3.8) is 0 Å².